The van der Waals surface area contributed by atoms with Gasteiger partial charge in [0.25, 0.3) is 0 Å². The highest BCUT2D eigenvalue weighted by molar-refractivity contribution is 9.10. The van der Waals surface area contributed by atoms with Crippen LogP contribution in [0.4, 0.5) is 0 Å². The van der Waals surface area contributed by atoms with Crippen LogP contribution in [-0.4, -0.2) is 33.3 Å². The van der Waals surface area contributed by atoms with E-state index in [9.17, 15) is 10.1 Å². The average Bonchev–Trinajstić information content (AvgIpc) is 3.23. The second-order valence-electron chi connectivity index (χ2n) is 8.28. The number of methoxy groups -OCH3 is 1. The summed E-state index contributed by atoms with van der Waals surface area (Å²) in [7, 11) is 1.55. The molecule has 0 fully saturated rings. The number of aryl methyl sites for hydroxylation is 2. The van der Waals surface area contributed by atoms with Crippen molar-refractivity contribution in [1.29, 1.82) is 0 Å². The summed E-state index contributed by atoms with van der Waals surface area (Å²) in [5.74, 6) is 1.70. The number of benzene rings is 3. The van der Waals surface area contributed by atoms with E-state index in [0.29, 0.717) is 39.1 Å². The lowest BCUT2D eigenvalue weighted by Crippen LogP contribution is -2.12. The van der Waals surface area contributed by atoms with Crippen molar-refractivity contribution in [2.24, 2.45) is 0 Å². The third kappa shape index (κ3) is 6.71. The Kier molecular flexibility index (Phi) is 8.88. The van der Waals surface area contributed by atoms with E-state index in [2.05, 4.69) is 42.1 Å². The van der Waals surface area contributed by atoms with Gasteiger partial charge in [0.2, 0.25) is 6.54 Å². The van der Waals surface area contributed by atoms with Gasteiger partial charge in [0.15, 0.2) is 16.7 Å². The van der Waals surface area contributed by atoms with Crippen molar-refractivity contribution >= 4 is 43.6 Å². The zero-order valence-electron chi connectivity index (χ0n) is 20.4. The van der Waals surface area contributed by atoms with Crippen LogP contribution in [0.1, 0.15) is 27.8 Å². The molecule has 0 radical (unpaired) electrons. The summed E-state index contributed by atoms with van der Waals surface area (Å²) in [6.07, 6.45) is 0. The van der Waals surface area contributed by atoms with Gasteiger partial charge in [-0.1, -0.05) is 52.0 Å². The summed E-state index contributed by atoms with van der Waals surface area (Å²) < 4.78 is 15.2. The largest absolute Gasteiger partial charge is 0.493 e. The minimum Gasteiger partial charge on any atom is -0.493 e. The highest BCUT2D eigenvalue weighted by Crippen LogP contribution is 2.43. The molecule has 0 amide bonds. The number of halogens is 2. The summed E-state index contributed by atoms with van der Waals surface area (Å²) in [6.45, 7) is 3.90. The van der Waals surface area contributed by atoms with Crippen LogP contribution >= 0.6 is 43.6 Å². The maximum atomic E-state index is 11.6. The van der Waals surface area contributed by atoms with Crippen LogP contribution in [0.25, 0.3) is 5.69 Å². The van der Waals surface area contributed by atoms with Gasteiger partial charge in [0.1, 0.15) is 17.7 Å². The number of aromatic nitrogens is 3. The molecule has 0 aliphatic carbocycles. The van der Waals surface area contributed by atoms with Crippen LogP contribution in [-0.2, 0) is 6.61 Å². The van der Waals surface area contributed by atoms with Gasteiger partial charge in [0.05, 0.1) is 11.6 Å². The number of rotatable bonds is 10. The van der Waals surface area contributed by atoms with E-state index >= 15 is 0 Å². The van der Waals surface area contributed by atoms with Crippen molar-refractivity contribution < 1.29 is 14.4 Å². The summed E-state index contributed by atoms with van der Waals surface area (Å²) in [5.41, 5.74) is 3.70. The van der Waals surface area contributed by atoms with E-state index in [-0.39, 0.29) is 11.5 Å². The number of nitro groups is 1. The third-order valence-corrected chi connectivity index (χ3v) is 7.84. The average molecular weight is 648 g/mol. The zero-order chi connectivity index (χ0) is 26.5. The topological polar surface area (TPSA) is 92.3 Å². The Morgan fingerprint density at radius 1 is 1.08 bits per heavy atom. The maximum Gasteiger partial charge on any atom is 0.220 e. The van der Waals surface area contributed by atoms with E-state index in [1.54, 1.807) is 13.2 Å². The molecule has 37 heavy (non-hydrogen) atoms. The predicted molar refractivity (Wildman–Crippen MR) is 150 cm³/mol. The molecule has 1 heterocycles. The Hall–Kier alpha value is -2.89. The van der Waals surface area contributed by atoms with Gasteiger partial charge in [-0.25, -0.2) is 0 Å². The molecular weight excluding hydrogens is 624 g/mol. The molecule has 0 bridgehead atoms. The summed E-state index contributed by atoms with van der Waals surface area (Å²) >= 11 is 8.30. The standard InChI is InChI=1S/C26H24Br2N4O4S/c1-16-5-4-6-21(11-16)32-17(2)29-30-26(32)37-24(14-31(33)34)19-12-22(28)25(23(13-19)35-3)36-15-18-7-9-20(27)10-8-18/h4-13,24H,14-15H2,1-3H3/t24-/m0/s1. The summed E-state index contributed by atoms with van der Waals surface area (Å²) in [4.78, 5) is 11.3. The number of hydrogen-bond acceptors (Lipinski definition) is 7. The van der Waals surface area contributed by atoms with E-state index in [4.69, 9.17) is 9.47 Å². The Balaban J connectivity index is 1.65. The van der Waals surface area contributed by atoms with Crippen LogP contribution in [0.2, 0.25) is 0 Å². The minimum absolute atomic E-state index is 0.306. The van der Waals surface area contributed by atoms with Crippen molar-refractivity contribution in [3.8, 4) is 17.2 Å². The lowest BCUT2D eigenvalue weighted by atomic mass is 10.1. The van der Waals surface area contributed by atoms with Crippen LogP contribution in [0.15, 0.2) is 74.8 Å². The van der Waals surface area contributed by atoms with E-state index in [0.717, 1.165) is 21.3 Å². The minimum atomic E-state index is -0.548. The second-order valence-corrected chi connectivity index (χ2v) is 11.2. The quantitative estimate of drug-likeness (QED) is 0.103. The first-order valence-corrected chi connectivity index (χ1v) is 13.7. The number of ether oxygens (including phenoxy) is 2. The smallest absolute Gasteiger partial charge is 0.220 e. The molecule has 0 unspecified atom stereocenters. The fourth-order valence-electron chi connectivity index (χ4n) is 3.76. The number of nitrogens with zero attached hydrogens (tertiary/aromatic N) is 4. The molecule has 4 aromatic rings. The third-order valence-electron chi connectivity index (χ3n) is 5.54. The fraction of sp³-hybridized carbons (Fsp3) is 0.231. The van der Waals surface area contributed by atoms with Gasteiger partial charge in [-0.2, -0.15) is 0 Å². The van der Waals surface area contributed by atoms with Gasteiger partial charge >= 0.3 is 0 Å². The number of hydrogen-bond donors (Lipinski definition) is 0. The van der Waals surface area contributed by atoms with Gasteiger partial charge in [-0.15, -0.1) is 10.2 Å². The predicted octanol–water partition coefficient (Wildman–Crippen LogP) is 7.11. The first-order chi connectivity index (χ1) is 17.7. The molecule has 0 saturated heterocycles. The lowest BCUT2D eigenvalue weighted by Gasteiger charge is -2.18. The molecule has 0 spiro atoms. The van der Waals surface area contributed by atoms with E-state index in [1.165, 1.54) is 11.8 Å². The zero-order valence-corrected chi connectivity index (χ0v) is 24.3. The lowest BCUT2D eigenvalue weighted by molar-refractivity contribution is -0.479. The molecule has 192 valence electrons. The molecule has 0 aliphatic rings. The van der Waals surface area contributed by atoms with Crippen molar-refractivity contribution in [2.75, 3.05) is 13.7 Å². The number of thioether (sulfide) groups is 1. The molecule has 8 nitrogen and oxygen atoms in total. The van der Waals surface area contributed by atoms with E-state index in [1.807, 2.05) is 73.0 Å². The molecule has 3 aromatic carbocycles. The first kappa shape index (κ1) is 27.2. The van der Waals surface area contributed by atoms with Crippen LogP contribution in [0.5, 0.6) is 11.5 Å². The van der Waals surface area contributed by atoms with E-state index < -0.39 is 5.25 Å². The monoisotopic (exact) mass is 646 g/mol. The highest BCUT2D eigenvalue weighted by Gasteiger charge is 2.26. The molecule has 0 N–H and O–H groups in total. The Labute approximate surface area is 235 Å². The second kappa shape index (κ2) is 12.1. The van der Waals surface area contributed by atoms with Crippen molar-refractivity contribution in [2.45, 2.75) is 30.9 Å². The van der Waals surface area contributed by atoms with Gasteiger partial charge in [-0.05, 0) is 82.9 Å². The van der Waals surface area contributed by atoms with Gasteiger partial charge in [0, 0.05) is 15.1 Å². The summed E-state index contributed by atoms with van der Waals surface area (Å²) in [5, 5.41) is 20.2. The molecule has 4 rings (SSSR count). The molecular formula is C26H24Br2N4O4S. The highest BCUT2D eigenvalue weighted by atomic mass is 79.9. The van der Waals surface area contributed by atoms with Crippen molar-refractivity contribution in [3.05, 3.63) is 102 Å². The van der Waals surface area contributed by atoms with Crippen molar-refractivity contribution in [1.82, 2.24) is 14.8 Å². The SMILES string of the molecule is COc1cc([C@H](C[N+](=O)[O-])Sc2nnc(C)n2-c2cccc(C)c2)cc(Br)c1OCc1ccc(Br)cc1. The van der Waals surface area contributed by atoms with Crippen molar-refractivity contribution in [3.63, 3.8) is 0 Å². The normalized spacial score (nSPS) is 11.8. The van der Waals surface area contributed by atoms with Crippen LogP contribution < -0.4 is 9.47 Å². The van der Waals surface area contributed by atoms with Crippen LogP contribution in [0, 0.1) is 24.0 Å². The molecule has 1 atom stereocenters. The molecule has 0 aliphatic heterocycles. The summed E-state index contributed by atoms with van der Waals surface area (Å²) in [6, 6.07) is 19.4. The van der Waals surface area contributed by atoms with Gasteiger partial charge < -0.3 is 9.47 Å². The Bertz CT molecular complexity index is 1410. The molecule has 0 saturated carbocycles. The molecule has 1 aromatic heterocycles. The maximum absolute atomic E-state index is 11.6. The Morgan fingerprint density at radius 2 is 1.84 bits per heavy atom. The first-order valence-electron chi connectivity index (χ1n) is 11.3. The fourth-order valence-corrected chi connectivity index (χ4v) is 5.75. The molecule has 11 heteroatoms. The Morgan fingerprint density at radius 3 is 2.51 bits per heavy atom. The van der Waals surface area contributed by atoms with Crippen LogP contribution in [0.3, 0.4) is 0 Å². The van der Waals surface area contributed by atoms with Gasteiger partial charge in [-0.3, -0.25) is 14.7 Å².